The van der Waals surface area contributed by atoms with Crippen LogP contribution in [0.25, 0.3) is 21.9 Å². The van der Waals surface area contributed by atoms with Gasteiger partial charge in [-0.1, -0.05) is 132 Å². The molecule has 0 spiro atoms. The molecule has 66 heavy (non-hydrogen) atoms. The van der Waals surface area contributed by atoms with Crippen LogP contribution in [0.5, 0.6) is 0 Å². The fraction of sp³-hybridized carbons (Fsp3) is 0.419. The summed E-state index contributed by atoms with van der Waals surface area (Å²) in [5, 5.41) is 2.32. The number of hydrogen-bond donors (Lipinski definition) is 0. The van der Waals surface area contributed by atoms with Crippen molar-refractivity contribution in [3.05, 3.63) is 136 Å². The molecule has 0 unspecified atom stereocenters. The molecule has 0 amide bonds. The zero-order chi connectivity index (χ0) is 46.4. The predicted octanol–water partition coefficient (Wildman–Crippen LogP) is 15.3. The lowest BCUT2D eigenvalue weighted by atomic mass is 9.32. The Morgan fingerprint density at radius 1 is 0.409 bits per heavy atom. The molecule has 4 heteroatoms. The Kier molecular flexibility index (Phi) is 8.48. The van der Waals surface area contributed by atoms with Crippen molar-refractivity contribution in [1.82, 2.24) is 0 Å². The average Bonchev–Trinajstić information content (AvgIpc) is 3.64. The van der Waals surface area contributed by atoms with Crippen molar-refractivity contribution >= 4 is 79.2 Å². The van der Waals surface area contributed by atoms with E-state index in [0.717, 1.165) is 34.0 Å². The van der Waals surface area contributed by atoms with Gasteiger partial charge in [-0.3, -0.25) is 0 Å². The summed E-state index contributed by atoms with van der Waals surface area (Å²) in [4.78, 5) is 5.36. The maximum absolute atomic E-state index is 6.99. The van der Waals surface area contributed by atoms with Crippen LogP contribution in [-0.4, -0.2) is 6.71 Å². The number of hydrogen-bond acceptors (Lipinski definition) is 3. The summed E-state index contributed by atoms with van der Waals surface area (Å²) in [6.45, 7) is 34.5. The second-order valence-electron chi connectivity index (χ2n) is 25.5. The summed E-state index contributed by atoms with van der Waals surface area (Å²) in [7, 11) is 0. The maximum Gasteiger partial charge on any atom is 0.252 e. The van der Waals surface area contributed by atoms with Crippen molar-refractivity contribution < 1.29 is 4.42 Å². The van der Waals surface area contributed by atoms with Crippen LogP contribution >= 0.6 is 0 Å². The Morgan fingerprint density at radius 3 is 1.32 bits per heavy atom. The van der Waals surface area contributed by atoms with E-state index in [2.05, 4.69) is 198 Å². The molecule has 0 fully saturated rings. The van der Waals surface area contributed by atoms with E-state index < -0.39 is 0 Å². The van der Waals surface area contributed by atoms with Crippen LogP contribution in [0.3, 0.4) is 0 Å². The number of nitrogens with zero attached hydrogens (tertiary/aromatic N) is 2. The topological polar surface area (TPSA) is 19.6 Å². The largest absolute Gasteiger partial charge is 0.454 e. The molecular formula is C62H69BN2O. The first kappa shape index (κ1) is 42.2. The van der Waals surface area contributed by atoms with Gasteiger partial charge in [0.05, 0.1) is 5.69 Å². The van der Waals surface area contributed by atoms with E-state index in [0.29, 0.717) is 0 Å². The number of para-hydroxylation sites is 2. The summed E-state index contributed by atoms with van der Waals surface area (Å²) in [5.74, 6) is 0. The molecule has 1 aromatic heterocycles. The van der Waals surface area contributed by atoms with Gasteiger partial charge in [-0.25, -0.2) is 0 Å². The lowest BCUT2D eigenvalue weighted by Gasteiger charge is -2.49. The maximum atomic E-state index is 6.99. The van der Waals surface area contributed by atoms with Crippen molar-refractivity contribution in [3.8, 4) is 0 Å². The summed E-state index contributed by atoms with van der Waals surface area (Å²) < 4.78 is 6.99. The Morgan fingerprint density at radius 2 is 0.818 bits per heavy atom. The fourth-order valence-corrected chi connectivity index (χ4v) is 13.6. The summed E-state index contributed by atoms with van der Waals surface area (Å²) >= 11 is 0. The first-order chi connectivity index (χ1) is 31.0. The molecule has 7 aromatic rings. The van der Waals surface area contributed by atoms with Gasteiger partial charge in [0, 0.05) is 39.2 Å². The van der Waals surface area contributed by atoms with Gasteiger partial charge in [0.1, 0.15) is 5.58 Å². The van der Waals surface area contributed by atoms with Gasteiger partial charge in [-0.2, -0.15) is 0 Å². The number of rotatable bonds is 2. The van der Waals surface area contributed by atoms with Crippen molar-refractivity contribution in [2.24, 2.45) is 0 Å². The minimum atomic E-state index is 0.0357. The quantitative estimate of drug-likeness (QED) is 0.161. The Hall–Kier alpha value is -5.22. The highest BCUT2D eigenvalue weighted by Gasteiger charge is 2.49. The highest BCUT2D eigenvalue weighted by atomic mass is 16.3. The molecule has 336 valence electrons. The molecule has 0 N–H and O–H groups in total. The van der Waals surface area contributed by atoms with E-state index in [4.69, 9.17) is 4.42 Å². The number of aryl methyl sites for hydroxylation is 2. The molecule has 6 aromatic carbocycles. The van der Waals surface area contributed by atoms with Crippen molar-refractivity contribution in [1.29, 1.82) is 0 Å². The van der Waals surface area contributed by atoms with E-state index in [1.54, 1.807) is 0 Å². The van der Waals surface area contributed by atoms with Crippen molar-refractivity contribution in [2.45, 2.75) is 168 Å². The molecule has 0 atom stereocenters. The third kappa shape index (κ3) is 5.75. The van der Waals surface area contributed by atoms with E-state index in [1.165, 1.54) is 121 Å². The van der Waals surface area contributed by atoms with Crippen LogP contribution in [0.4, 0.5) is 34.1 Å². The molecule has 0 radical (unpaired) electrons. The lowest BCUT2D eigenvalue weighted by Crippen LogP contribution is -2.62. The molecular weight excluding hydrogens is 800 g/mol. The number of fused-ring (bicyclic) bond motifs is 10. The minimum Gasteiger partial charge on any atom is -0.454 e. The van der Waals surface area contributed by atoms with Crippen LogP contribution in [0.15, 0.2) is 95.4 Å². The zero-order valence-electron chi connectivity index (χ0n) is 42.3. The molecule has 3 heterocycles. The second-order valence-corrected chi connectivity index (χ2v) is 25.5. The van der Waals surface area contributed by atoms with E-state index in [-0.39, 0.29) is 39.2 Å². The molecule has 3 nitrogen and oxygen atoms in total. The van der Waals surface area contributed by atoms with Gasteiger partial charge in [0.25, 0.3) is 6.71 Å². The summed E-state index contributed by atoms with van der Waals surface area (Å²) in [5.41, 5.74) is 25.8. The third-order valence-corrected chi connectivity index (χ3v) is 18.2. The standard InChI is InChI=1S/C62H69BN2O/c1-36-28-52-55-53(29-36)65(49-33-43-40(30-37(49)2)57(3,4)22-25-60(43,9)10)51-35-45-42(59(7,8)24-27-62(45,13)14)32-47(51)63(55)46-31-41-44(61(11,12)26-23-58(41,5)6)34-50(46)64(52)48-20-17-19-39-38-18-15-16-21-54(38)66-56(39)48/h15-21,28-35H,22-27H2,1-14H3. The van der Waals surface area contributed by atoms with Crippen LogP contribution in [0.2, 0.25) is 0 Å². The van der Waals surface area contributed by atoms with E-state index in [1.807, 2.05) is 0 Å². The highest BCUT2D eigenvalue weighted by molar-refractivity contribution is 7.00. The third-order valence-electron chi connectivity index (χ3n) is 18.2. The van der Waals surface area contributed by atoms with Gasteiger partial charge >= 0.3 is 0 Å². The van der Waals surface area contributed by atoms with E-state index in [9.17, 15) is 0 Å². The number of furan rings is 1. The van der Waals surface area contributed by atoms with Crippen molar-refractivity contribution in [3.63, 3.8) is 0 Å². The molecule has 2 aliphatic heterocycles. The van der Waals surface area contributed by atoms with Crippen molar-refractivity contribution in [2.75, 3.05) is 9.80 Å². The monoisotopic (exact) mass is 869 g/mol. The highest BCUT2D eigenvalue weighted by Crippen LogP contribution is 2.55. The first-order valence-electron chi connectivity index (χ1n) is 25.2. The molecule has 5 aliphatic rings. The average molecular weight is 869 g/mol. The van der Waals surface area contributed by atoms with Gasteiger partial charge < -0.3 is 14.2 Å². The molecule has 12 rings (SSSR count). The molecule has 3 aliphatic carbocycles. The van der Waals surface area contributed by atoms with Gasteiger partial charge in [0.2, 0.25) is 0 Å². The normalized spacial score (nSPS) is 20.8. The zero-order valence-corrected chi connectivity index (χ0v) is 42.3. The van der Waals surface area contributed by atoms with Crippen LogP contribution in [0.1, 0.15) is 166 Å². The Labute approximate surface area is 395 Å². The molecule has 0 saturated heterocycles. The Balaban J connectivity index is 1.24. The SMILES string of the molecule is Cc1cc2c3c(c1)N(c1cccc4c1oc1ccccc14)c1cc4c(cc1B3c1cc3c(cc1N2c1cc2c(cc1C)C(C)(C)CCC2(C)C)C(C)(C)CCC3(C)C)C(C)(C)CCC4(C)C. The molecule has 0 saturated carbocycles. The van der Waals surface area contributed by atoms with Gasteiger partial charge in [-0.15, -0.1) is 0 Å². The Bertz CT molecular complexity index is 3260. The fourth-order valence-electron chi connectivity index (χ4n) is 13.6. The second kappa shape index (κ2) is 13.3. The lowest BCUT2D eigenvalue weighted by molar-refractivity contribution is 0.331. The van der Waals surface area contributed by atoms with Crippen LogP contribution < -0.4 is 26.2 Å². The van der Waals surface area contributed by atoms with Crippen LogP contribution in [-0.2, 0) is 32.5 Å². The summed E-state index contributed by atoms with van der Waals surface area (Å²) in [6, 6.07) is 36.3. The smallest absolute Gasteiger partial charge is 0.252 e. The first-order valence-corrected chi connectivity index (χ1v) is 25.2. The number of anilines is 6. The number of benzene rings is 6. The van der Waals surface area contributed by atoms with Crippen LogP contribution in [0, 0.1) is 13.8 Å². The summed E-state index contributed by atoms with van der Waals surface area (Å²) in [6.07, 6.45) is 7.08. The van der Waals surface area contributed by atoms with E-state index >= 15 is 0 Å². The molecule has 0 bridgehead atoms. The minimum absolute atomic E-state index is 0.0357. The predicted molar refractivity (Wildman–Crippen MR) is 283 cm³/mol. The van der Waals surface area contributed by atoms with Gasteiger partial charge in [-0.05, 0) is 188 Å². The van der Waals surface area contributed by atoms with Gasteiger partial charge in [0.15, 0.2) is 5.58 Å².